The maximum Gasteiger partial charge on any atom is 0.261 e. The van der Waals surface area contributed by atoms with Crippen molar-refractivity contribution in [2.24, 2.45) is 0 Å². The number of carbonyl (C=O) groups is 1. The van der Waals surface area contributed by atoms with E-state index < -0.39 is 9.84 Å². The first-order chi connectivity index (χ1) is 12.8. The molecular formula is C20H17NO3S3. The summed E-state index contributed by atoms with van der Waals surface area (Å²) in [5.41, 5.74) is 0.861. The molecule has 0 radical (unpaired) electrons. The Hall–Kier alpha value is -2.22. The summed E-state index contributed by atoms with van der Waals surface area (Å²) < 4.78 is 26.6. The van der Waals surface area contributed by atoms with Crippen LogP contribution in [0.3, 0.4) is 0 Å². The molecule has 0 aliphatic rings. The van der Waals surface area contributed by atoms with Gasteiger partial charge in [-0.1, -0.05) is 30.3 Å². The lowest BCUT2D eigenvalue weighted by Gasteiger charge is -2.14. The third-order valence-corrected chi connectivity index (χ3v) is 7.97. The molecule has 0 unspecified atom stereocenters. The first kappa shape index (κ1) is 18.2. The minimum Gasteiger partial charge on any atom is -0.345 e. The highest BCUT2D eigenvalue weighted by atomic mass is 32.2. The molecule has 1 N–H and O–H groups in total. The molecule has 0 aliphatic heterocycles. The van der Waals surface area contributed by atoms with E-state index in [0.29, 0.717) is 4.88 Å². The van der Waals surface area contributed by atoms with E-state index in [0.717, 1.165) is 15.0 Å². The monoisotopic (exact) mass is 415 g/mol. The summed E-state index contributed by atoms with van der Waals surface area (Å²) in [4.78, 5) is 13.6. The van der Waals surface area contributed by atoms with Crippen LogP contribution in [0, 0.1) is 0 Å². The molecule has 1 atom stereocenters. The van der Waals surface area contributed by atoms with Crippen LogP contribution in [0.4, 0.5) is 0 Å². The van der Waals surface area contributed by atoms with Gasteiger partial charge in [-0.25, -0.2) is 8.42 Å². The van der Waals surface area contributed by atoms with E-state index >= 15 is 0 Å². The van der Waals surface area contributed by atoms with Crippen molar-refractivity contribution >= 4 is 57.9 Å². The average Bonchev–Trinajstić information content (AvgIpc) is 3.19. The summed E-state index contributed by atoms with van der Waals surface area (Å²) in [7, 11) is -3.22. The Kier molecular flexibility index (Phi) is 4.53. The standard InChI is InChI=1S/C20H17NO3S3/c1-12(13-7-9-14(10-8-13)27(2,23)24)21-20(22)18-11-17-19(26-18)15-5-3-4-6-16(15)25-17/h3-12H,1-2H3,(H,21,22)/t12-/m0/s1. The Bertz CT molecular complexity index is 1250. The number of sulfone groups is 1. The second-order valence-electron chi connectivity index (χ2n) is 6.44. The molecule has 2 aromatic carbocycles. The Balaban J connectivity index is 1.55. The molecule has 0 fully saturated rings. The number of thiophene rings is 2. The second kappa shape index (κ2) is 6.74. The van der Waals surface area contributed by atoms with Crippen LogP contribution >= 0.6 is 22.7 Å². The predicted molar refractivity (Wildman–Crippen MR) is 113 cm³/mol. The van der Waals surface area contributed by atoms with Crippen molar-refractivity contribution in [2.75, 3.05) is 6.26 Å². The van der Waals surface area contributed by atoms with E-state index in [4.69, 9.17) is 0 Å². The summed E-state index contributed by atoms with van der Waals surface area (Å²) in [6.07, 6.45) is 1.18. The van der Waals surface area contributed by atoms with Gasteiger partial charge in [0.25, 0.3) is 5.91 Å². The Morgan fingerprint density at radius 1 is 1.00 bits per heavy atom. The SMILES string of the molecule is C[C@H](NC(=O)c1cc2sc3ccccc3c2s1)c1ccc(S(C)(=O)=O)cc1. The van der Waals surface area contributed by atoms with E-state index in [-0.39, 0.29) is 16.8 Å². The van der Waals surface area contributed by atoms with Crippen LogP contribution in [-0.2, 0) is 9.84 Å². The fraction of sp³-hybridized carbons (Fsp3) is 0.150. The second-order valence-corrected chi connectivity index (χ2v) is 10.6. The smallest absolute Gasteiger partial charge is 0.261 e. The summed E-state index contributed by atoms with van der Waals surface area (Å²) in [6, 6.07) is 16.5. The molecule has 0 saturated carbocycles. The number of nitrogens with one attached hydrogen (secondary N) is 1. The van der Waals surface area contributed by atoms with Gasteiger partial charge < -0.3 is 5.32 Å². The van der Waals surface area contributed by atoms with Crippen LogP contribution in [0.25, 0.3) is 19.5 Å². The van der Waals surface area contributed by atoms with E-state index in [1.54, 1.807) is 35.6 Å². The van der Waals surface area contributed by atoms with Crippen molar-refractivity contribution in [1.29, 1.82) is 0 Å². The summed E-state index contributed by atoms with van der Waals surface area (Å²) in [5, 5.41) is 4.18. The average molecular weight is 416 g/mol. The van der Waals surface area contributed by atoms with Crippen molar-refractivity contribution in [3.05, 3.63) is 65.0 Å². The van der Waals surface area contributed by atoms with Crippen molar-refractivity contribution in [3.8, 4) is 0 Å². The Labute approximate surface area is 165 Å². The van der Waals surface area contributed by atoms with Gasteiger partial charge in [0.2, 0.25) is 0 Å². The molecule has 7 heteroatoms. The first-order valence-corrected chi connectivity index (χ1v) is 11.9. The molecule has 2 aromatic heterocycles. The maximum absolute atomic E-state index is 12.7. The van der Waals surface area contributed by atoms with E-state index in [9.17, 15) is 13.2 Å². The normalized spacial score (nSPS) is 13.1. The zero-order valence-electron chi connectivity index (χ0n) is 14.7. The van der Waals surface area contributed by atoms with Crippen LogP contribution in [0.2, 0.25) is 0 Å². The van der Waals surface area contributed by atoms with Gasteiger partial charge in [-0.3, -0.25) is 4.79 Å². The highest BCUT2D eigenvalue weighted by Gasteiger charge is 2.17. The molecule has 4 rings (SSSR count). The molecule has 0 aliphatic carbocycles. The van der Waals surface area contributed by atoms with Gasteiger partial charge in [0.05, 0.1) is 20.5 Å². The Morgan fingerprint density at radius 3 is 2.41 bits per heavy atom. The van der Waals surface area contributed by atoms with Crippen LogP contribution in [-0.4, -0.2) is 20.6 Å². The number of amides is 1. The summed E-state index contributed by atoms with van der Waals surface area (Å²) in [6.45, 7) is 1.89. The van der Waals surface area contributed by atoms with Gasteiger partial charge in [0, 0.05) is 21.0 Å². The van der Waals surface area contributed by atoms with Crippen LogP contribution in [0.1, 0.15) is 28.2 Å². The molecule has 4 aromatic rings. The first-order valence-electron chi connectivity index (χ1n) is 8.35. The predicted octanol–water partition coefficient (Wildman–Crippen LogP) is 5.01. The molecule has 1 amide bonds. The summed E-state index contributed by atoms with van der Waals surface area (Å²) in [5.74, 6) is -0.118. The number of rotatable bonds is 4. The number of hydrogen-bond donors (Lipinski definition) is 1. The van der Waals surface area contributed by atoms with Gasteiger partial charge in [-0.05, 0) is 36.8 Å². The van der Waals surface area contributed by atoms with Gasteiger partial charge in [0.1, 0.15) is 0 Å². The number of carbonyl (C=O) groups excluding carboxylic acids is 1. The number of fused-ring (bicyclic) bond motifs is 3. The molecular weight excluding hydrogens is 398 g/mol. The molecule has 4 nitrogen and oxygen atoms in total. The Morgan fingerprint density at radius 2 is 1.70 bits per heavy atom. The topological polar surface area (TPSA) is 63.2 Å². The third kappa shape index (κ3) is 3.50. The lowest BCUT2D eigenvalue weighted by molar-refractivity contribution is 0.0944. The van der Waals surface area contributed by atoms with E-state index in [1.165, 1.54) is 27.7 Å². The third-order valence-electron chi connectivity index (χ3n) is 4.43. The summed E-state index contributed by atoms with van der Waals surface area (Å²) >= 11 is 3.20. The van der Waals surface area contributed by atoms with E-state index in [2.05, 4.69) is 17.4 Å². The molecule has 0 bridgehead atoms. The molecule has 138 valence electrons. The fourth-order valence-corrected chi connectivity index (χ4v) is 6.02. The highest BCUT2D eigenvalue weighted by Crippen LogP contribution is 2.39. The van der Waals surface area contributed by atoms with Crippen molar-refractivity contribution < 1.29 is 13.2 Å². The van der Waals surface area contributed by atoms with Crippen LogP contribution in [0.5, 0.6) is 0 Å². The zero-order valence-corrected chi connectivity index (χ0v) is 17.2. The number of benzene rings is 2. The number of hydrogen-bond acceptors (Lipinski definition) is 5. The fourth-order valence-electron chi connectivity index (χ4n) is 2.97. The molecule has 0 spiro atoms. The molecule has 2 heterocycles. The van der Waals surface area contributed by atoms with Gasteiger partial charge in [0.15, 0.2) is 9.84 Å². The van der Waals surface area contributed by atoms with Crippen LogP contribution in [0.15, 0.2) is 59.5 Å². The van der Waals surface area contributed by atoms with Crippen molar-refractivity contribution in [3.63, 3.8) is 0 Å². The molecule has 0 saturated heterocycles. The van der Waals surface area contributed by atoms with Gasteiger partial charge >= 0.3 is 0 Å². The minimum atomic E-state index is -3.22. The largest absolute Gasteiger partial charge is 0.345 e. The minimum absolute atomic E-state index is 0.118. The quantitative estimate of drug-likeness (QED) is 0.510. The molecule has 27 heavy (non-hydrogen) atoms. The van der Waals surface area contributed by atoms with Crippen molar-refractivity contribution in [1.82, 2.24) is 5.32 Å². The maximum atomic E-state index is 12.7. The lowest BCUT2D eigenvalue weighted by Crippen LogP contribution is -2.25. The van der Waals surface area contributed by atoms with Gasteiger partial charge in [-0.15, -0.1) is 22.7 Å². The van der Waals surface area contributed by atoms with E-state index in [1.807, 2.05) is 25.1 Å². The lowest BCUT2D eigenvalue weighted by atomic mass is 10.1. The van der Waals surface area contributed by atoms with Gasteiger partial charge in [-0.2, -0.15) is 0 Å². The zero-order chi connectivity index (χ0) is 19.2. The van der Waals surface area contributed by atoms with Crippen LogP contribution < -0.4 is 5.32 Å². The van der Waals surface area contributed by atoms with Crippen molar-refractivity contribution in [2.45, 2.75) is 17.9 Å². The highest BCUT2D eigenvalue weighted by molar-refractivity contribution is 7.90.